The second-order valence-corrected chi connectivity index (χ2v) is 8.23. The summed E-state index contributed by atoms with van der Waals surface area (Å²) < 4.78 is 6.42. The number of ether oxygens (including phenoxy) is 1. The van der Waals surface area contributed by atoms with Crippen molar-refractivity contribution >= 4 is 39.5 Å². The third-order valence-electron chi connectivity index (χ3n) is 3.80. The van der Waals surface area contributed by atoms with Crippen molar-refractivity contribution in [2.75, 3.05) is 6.54 Å². The maximum atomic E-state index is 12.6. The highest BCUT2D eigenvalue weighted by atomic mass is 32.1. The lowest BCUT2D eigenvalue weighted by Gasteiger charge is -2.28. The molecule has 5 nitrogen and oxygen atoms in total. The van der Waals surface area contributed by atoms with Crippen LogP contribution in [0.1, 0.15) is 46.0 Å². The highest BCUT2D eigenvalue weighted by molar-refractivity contribution is 7.19. The van der Waals surface area contributed by atoms with Gasteiger partial charge in [-0.05, 0) is 52.3 Å². The number of hydrogen-bond donors (Lipinski definition) is 0. The van der Waals surface area contributed by atoms with Crippen molar-refractivity contribution in [1.29, 1.82) is 0 Å². The van der Waals surface area contributed by atoms with Gasteiger partial charge in [-0.25, -0.2) is 4.98 Å². The third kappa shape index (κ3) is 5.66. The Bertz CT molecular complexity index is 772. The molecule has 0 aliphatic carbocycles. The van der Waals surface area contributed by atoms with Crippen molar-refractivity contribution in [2.45, 2.75) is 52.7 Å². The Morgan fingerprint density at radius 2 is 2.00 bits per heavy atom. The molecule has 0 saturated heterocycles. The number of carbonyl (C=O) groups excluding carboxylic acids is 2. The molecule has 0 aliphatic rings. The number of nitrogens with zero attached hydrogens (tertiary/aromatic N) is 2. The second-order valence-electron chi connectivity index (χ2n) is 7.16. The van der Waals surface area contributed by atoms with Gasteiger partial charge in [0.25, 0.3) is 0 Å². The summed E-state index contributed by atoms with van der Waals surface area (Å²) in [6.45, 7) is 9.29. The fraction of sp³-hybridized carbons (Fsp3) is 0.450. The van der Waals surface area contributed by atoms with Crippen molar-refractivity contribution in [1.82, 2.24) is 9.88 Å². The van der Waals surface area contributed by atoms with Gasteiger partial charge in [-0.15, -0.1) is 11.3 Å². The fourth-order valence-electron chi connectivity index (χ4n) is 2.38. The summed E-state index contributed by atoms with van der Waals surface area (Å²) in [6, 6.07) is 7.78. The first-order valence-corrected chi connectivity index (χ1v) is 9.57. The molecule has 1 aromatic heterocycles. The minimum Gasteiger partial charge on any atom is -0.459 e. The van der Waals surface area contributed by atoms with Crippen LogP contribution >= 0.6 is 11.3 Å². The van der Waals surface area contributed by atoms with Gasteiger partial charge < -0.3 is 9.64 Å². The van der Waals surface area contributed by atoms with Crippen LogP contribution in [0.3, 0.4) is 0 Å². The number of carbonyl (C=O) groups is 2. The molecular formula is C20H26N2O3S. The molecule has 1 aromatic carbocycles. The van der Waals surface area contributed by atoms with E-state index in [9.17, 15) is 9.59 Å². The number of aromatic nitrogens is 1. The van der Waals surface area contributed by atoms with Gasteiger partial charge in [-0.1, -0.05) is 19.1 Å². The van der Waals surface area contributed by atoms with E-state index in [1.807, 2.05) is 58.9 Å². The molecule has 0 radical (unpaired) electrons. The molecule has 0 spiro atoms. The molecule has 1 unspecified atom stereocenters. The van der Waals surface area contributed by atoms with Crippen LogP contribution in [0.5, 0.6) is 0 Å². The lowest BCUT2D eigenvalue weighted by molar-refractivity contribution is -0.159. The summed E-state index contributed by atoms with van der Waals surface area (Å²) in [5.74, 6) is -0.621. The van der Waals surface area contributed by atoms with Crippen LogP contribution in [0.4, 0.5) is 0 Å². The molecule has 1 heterocycles. The normalized spacial score (nSPS) is 13.1. The van der Waals surface area contributed by atoms with Crippen molar-refractivity contribution in [3.8, 4) is 0 Å². The van der Waals surface area contributed by atoms with Gasteiger partial charge in [-0.2, -0.15) is 0 Å². The van der Waals surface area contributed by atoms with Crippen LogP contribution in [0.2, 0.25) is 0 Å². The van der Waals surface area contributed by atoms with E-state index in [-0.39, 0.29) is 18.5 Å². The molecular weight excluding hydrogens is 348 g/mol. The van der Waals surface area contributed by atoms with Crippen LogP contribution in [-0.4, -0.2) is 39.9 Å². The molecule has 0 bridgehead atoms. The molecule has 0 saturated carbocycles. The summed E-state index contributed by atoms with van der Waals surface area (Å²) >= 11 is 1.53. The summed E-state index contributed by atoms with van der Waals surface area (Å²) in [5, 5.41) is 0.765. The Morgan fingerprint density at radius 1 is 1.31 bits per heavy atom. The number of amides is 1. The molecule has 1 amide bonds. The molecule has 1 atom stereocenters. The lowest BCUT2D eigenvalue weighted by Crippen LogP contribution is -2.42. The molecule has 0 fully saturated rings. The van der Waals surface area contributed by atoms with Crippen LogP contribution < -0.4 is 0 Å². The maximum Gasteiger partial charge on any atom is 0.326 e. The largest absolute Gasteiger partial charge is 0.459 e. The van der Waals surface area contributed by atoms with Crippen LogP contribution in [0.15, 0.2) is 30.3 Å². The fourth-order valence-corrected chi connectivity index (χ4v) is 3.25. The van der Waals surface area contributed by atoms with E-state index in [1.165, 1.54) is 22.3 Å². The Hall–Kier alpha value is -2.21. The van der Waals surface area contributed by atoms with Gasteiger partial charge in [0, 0.05) is 12.1 Å². The molecule has 2 aromatic rings. The maximum absolute atomic E-state index is 12.6. The highest BCUT2D eigenvalue weighted by Crippen LogP contribution is 2.22. The number of fused-ring (bicyclic) bond motifs is 1. The van der Waals surface area contributed by atoms with Gasteiger partial charge in [0.05, 0.1) is 10.2 Å². The quantitative estimate of drug-likeness (QED) is 0.559. The molecule has 26 heavy (non-hydrogen) atoms. The van der Waals surface area contributed by atoms with Crippen molar-refractivity contribution < 1.29 is 14.3 Å². The first-order chi connectivity index (χ1) is 12.2. The zero-order valence-corrected chi connectivity index (χ0v) is 16.8. The molecule has 6 heteroatoms. The van der Waals surface area contributed by atoms with E-state index in [0.717, 1.165) is 21.6 Å². The number of para-hydroxylation sites is 1. The third-order valence-corrected chi connectivity index (χ3v) is 4.81. The number of rotatable bonds is 6. The minimum atomic E-state index is -0.571. The van der Waals surface area contributed by atoms with E-state index in [4.69, 9.17) is 4.74 Å². The molecule has 2 rings (SSSR count). The van der Waals surface area contributed by atoms with E-state index < -0.39 is 11.6 Å². The standard InChI is InChI=1S/C20H26N2O3S/c1-6-14(2)22(13-19(24)25-20(3,4)5)18(23)12-11-17-21-15-9-7-8-10-16(15)26-17/h7-12,14H,6,13H2,1-5H3. The summed E-state index contributed by atoms with van der Waals surface area (Å²) in [7, 11) is 0. The average Bonchev–Trinajstić information content (AvgIpc) is 2.98. The first kappa shape index (κ1) is 20.1. The van der Waals surface area contributed by atoms with Crippen LogP contribution in [0, 0.1) is 0 Å². The first-order valence-electron chi connectivity index (χ1n) is 8.75. The zero-order chi connectivity index (χ0) is 19.3. The van der Waals surface area contributed by atoms with Crippen molar-refractivity contribution in [2.24, 2.45) is 0 Å². The monoisotopic (exact) mass is 374 g/mol. The Balaban J connectivity index is 2.11. The van der Waals surface area contributed by atoms with Crippen molar-refractivity contribution in [3.63, 3.8) is 0 Å². The number of thiazole rings is 1. The molecule has 140 valence electrons. The minimum absolute atomic E-state index is 0.0602. The van der Waals surface area contributed by atoms with E-state index in [0.29, 0.717) is 0 Å². The second kappa shape index (κ2) is 8.45. The van der Waals surface area contributed by atoms with E-state index in [2.05, 4.69) is 4.98 Å². The van der Waals surface area contributed by atoms with Crippen molar-refractivity contribution in [3.05, 3.63) is 35.3 Å². The Labute approximate surface area is 158 Å². The zero-order valence-electron chi connectivity index (χ0n) is 16.0. The average molecular weight is 375 g/mol. The highest BCUT2D eigenvalue weighted by Gasteiger charge is 2.24. The van der Waals surface area contributed by atoms with E-state index >= 15 is 0 Å². The summed E-state index contributed by atoms with van der Waals surface area (Å²) in [5.41, 5.74) is 0.343. The topological polar surface area (TPSA) is 59.5 Å². The van der Waals surface area contributed by atoms with Gasteiger partial charge >= 0.3 is 5.97 Å². The molecule has 0 N–H and O–H groups in total. The van der Waals surface area contributed by atoms with Crippen LogP contribution in [0.25, 0.3) is 16.3 Å². The van der Waals surface area contributed by atoms with Gasteiger partial charge in [0.1, 0.15) is 17.2 Å². The smallest absolute Gasteiger partial charge is 0.326 e. The predicted octanol–water partition coefficient (Wildman–Crippen LogP) is 4.28. The summed E-state index contributed by atoms with van der Waals surface area (Å²) in [4.78, 5) is 30.8. The van der Waals surface area contributed by atoms with E-state index in [1.54, 1.807) is 6.08 Å². The number of hydrogen-bond acceptors (Lipinski definition) is 5. The SMILES string of the molecule is CCC(C)N(CC(=O)OC(C)(C)C)C(=O)C=Cc1nc2ccccc2s1. The Kier molecular flexibility index (Phi) is 6.53. The predicted molar refractivity (Wildman–Crippen MR) is 106 cm³/mol. The van der Waals surface area contributed by atoms with Gasteiger partial charge in [0.2, 0.25) is 5.91 Å². The van der Waals surface area contributed by atoms with Gasteiger partial charge in [-0.3, -0.25) is 9.59 Å². The number of benzene rings is 1. The lowest BCUT2D eigenvalue weighted by atomic mass is 10.2. The Morgan fingerprint density at radius 3 is 2.62 bits per heavy atom. The number of esters is 1. The summed E-state index contributed by atoms with van der Waals surface area (Å²) in [6.07, 6.45) is 3.94. The molecule has 0 aliphatic heterocycles. The van der Waals surface area contributed by atoms with Crippen LogP contribution in [-0.2, 0) is 14.3 Å². The van der Waals surface area contributed by atoms with Gasteiger partial charge in [0.15, 0.2) is 0 Å².